The lowest BCUT2D eigenvalue weighted by Crippen LogP contribution is -2.38. The number of fused-ring (bicyclic) bond motifs is 1. The zero-order valence-electron chi connectivity index (χ0n) is 11.0. The van der Waals surface area contributed by atoms with Crippen molar-refractivity contribution in [3.05, 3.63) is 23.8 Å². The smallest absolute Gasteiger partial charge is 0.265 e. The van der Waals surface area contributed by atoms with Gasteiger partial charge >= 0.3 is 0 Å². The molecular formula is C14H20N2O2. The summed E-state index contributed by atoms with van der Waals surface area (Å²) in [6, 6.07) is 6.10. The molecule has 0 saturated carbocycles. The molecule has 0 atom stereocenters. The number of amides is 1. The molecule has 0 saturated heterocycles. The van der Waals surface area contributed by atoms with E-state index < -0.39 is 0 Å². The molecule has 18 heavy (non-hydrogen) atoms. The van der Waals surface area contributed by atoms with Gasteiger partial charge in [-0.25, -0.2) is 0 Å². The fraction of sp³-hybridized carbons (Fsp3) is 0.500. The van der Waals surface area contributed by atoms with Crippen LogP contribution in [0.3, 0.4) is 0 Å². The minimum atomic E-state index is 0.0360. The molecule has 1 aromatic rings. The van der Waals surface area contributed by atoms with Crippen molar-refractivity contribution in [2.75, 3.05) is 31.1 Å². The molecule has 0 unspecified atom stereocenters. The molecule has 1 aliphatic heterocycles. The Hall–Kier alpha value is -1.55. The number of carbonyl (C=O) groups excluding carboxylic acids is 1. The zero-order valence-corrected chi connectivity index (χ0v) is 11.0. The SMILES string of the molecule is CCNCCc1ccc2c(c1)N(CC)C(=O)CO2. The summed E-state index contributed by atoms with van der Waals surface area (Å²) in [7, 11) is 0. The average Bonchev–Trinajstić information content (AvgIpc) is 2.39. The highest BCUT2D eigenvalue weighted by atomic mass is 16.5. The van der Waals surface area contributed by atoms with Crippen LogP contribution in [0.25, 0.3) is 0 Å². The first-order chi connectivity index (χ1) is 8.76. The predicted octanol–water partition coefficient (Wildman–Crippen LogP) is 1.58. The minimum Gasteiger partial charge on any atom is -0.482 e. The van der Waals surface area contributed by atoms with E-state index in [1.807, 2.05) is 13.0 Å². The van der Waals surface area contributed by atoms with Crippen LogP contribution in [0.5, 0.6) is 5.75 Å². The van der Waals surface area contributed by atoms with Crippen molar-refractivity contribution in [3.63, 3.8) is 0 Å². The van der Waals surface area contributed by atoms with Crippen molar-refractivity contribution in [2.24, 2.45) is 0 Å². The van der Waals surface area contributed by atoms with Gasteiger partial charge in [-0.1, -0.05) is 13.0 Å². The lowest BCUT2D eigenvalue weighted by atomic mass is 10.1. The maximum Gasteiger partial charge on any atom is 0.265 e. The molecule has 0 bridgehead atoms. The van der Waals surface area contributed by atoms with E-state index in [1.165, 1.54) is 5.56 Å². The molecule has 4 heteroatoms. The molecule has 4 nitrogen and oxygen atoms in total. The average molecular weight is 248 g/mol. The Bertz CT molecular complexity index is 432. The number of carbonyl (C=O) groups is 1. The number of ether oxygens (including phenoxy) is 1. The van der Waals surface area contributed by atoms with Crippen molar-refractivity contribution in [1.29, 1.82) is 0 Å². The Morgan fingerprint density at radius 1 is 1.39 bits per heavy atom. The van der Waals surface area contributed by atoms with Gasteiger partial charge in [0.25, 0.3) is 5.91 Å². The quantitative estimate of drug-likeness (QED) is 0.804. The Kier molecular flexibility index (Phi) is 4.20. The summed E-state index contributed by atoms with van der Waals surface area (Å²) in [5, 5.41) is 3.30. The van der Waals surface area contributed by atoms with Crippen molar-refractivity contribution in [2.45, 2.75) is 20.3 Å². The van der Waals surface area contributed by atoms with E-state index in [0.29, 0.717) is 6.54 Å². The number of likely N-dealkylation sites (N-methyl/N-ethyl adjacent to an activating group) is 2. The summed E-state index contributed by atoms with van der Waals surface area (Å²) >= 11 is 0. The van der Waals surface area contributed by atoms with E-state index in [4.69, 9.17) is 4.74 Å². The molecule has 0 aliphatic carbocycles. The number of nitrogens with zero attached hydrogens (tertiary/aromatic N) is 1. The van der Waals surface area contributed by atoms with Crippen LogP contribution in [0.15, 0.2) is 18.2 Å². The highest BCUT2D eigenvalue weighted by Crippen LogP contribution is 2.32. The standard InChI is InChI=1S/C14H20N2O2/c1-3-15-8-7-11-5-6-13-12(9-11)16(4-2)14(17)10-18-13/h5-6,9,15H,3-4,7-8,10H2,1-2H3. The van der Waals surface area contributed by atoms with Crippen LogP contribution >= 0.6 is 0 Å². The highest BCUT2D eigenvalue weighted by molar-refractivity contribution is 5.97. The highest BCUT2D eigenvalue weighted by Gasteiger charge is 2.24. The van der Waals surface area contributed by atoms with Gasteiger partial charge in [-0.05, 0) is 44.1 Å². The van der Waals surface area contributed by atoms with Crippen LogP contribution in [-0.2, 0) is 11.2 Å². The molecule has 2 rings (SSSR count). The van der Waals surface area contributed by atoms with E-state index in [-0.39, 0.29) is 12.5 Å². The first-order valence-electron chi connectivity index (χ1n) is 6.53. The van der Waals surface area contributed by atoms with Gasteiger partial charge in [0.15, 0.2) is 6.61 Å². The normalized spacial score (nSPS) is 14.3. The molecule has 98 valence electrons. The van der Waals surface area contributed by atoms with Gasteiger partial charge < -0.3 is 15.0 Å². The summed E-state index contributed by atoms with van der Waals surface area (Å²) in [5.41, 5.74) is 2.13. The van der Waals surface area contributed by atoms with Crippen molar-refractivity contribution in [1.82, 2.24) is 5.32 Å². The summed E-state index contributed by atoms with van der Waals surface area (Å²) in [4.78, 5) is 13.5. The second-order valence-electron chi connectivity index (χ2n) is 4.33. The van der Waals surface area contributed by atoms with E-state index in [1.54, 1.807) is 4.90 Å². The van der Waals surface area contributed by atoms with E-state index in [9.17, 15) is 4.79 Å². The third kappa shape index (κ3) is 2.64. The summed E-state index contributed by atoms with van der Waals surface area (Å²) in [6.45, 7) is 6.85. The van der Waals surface area contributed by atoms with E-state index >= 15 is 0 Å². The van der Waals surface area contributed by atoms with Crippen LogP contribution in [0.2, 0.25) is 0 Å². The molecular weight excluding hydrogens is 228 g/mol. The van der Waals surface area contributed by atoms with Crippen molar-refractivity contribution < 1.29 is 9.53 Å². The summed E-state index contributed by atoms with van der Waals surface area (Å²) in [5.74, 6) is 0.845. The Morgan fingerprint density at radius 2 is 2.22 bits per heavy atom. The number of rotatable bonds is 5. The Labute approximate surface area is 108 Å². The minimum absolute atomic E-state index is 0.0360. The number of anilines is 1. The molecule has 0 aromatic heterocycles. The number of nitrogens with one attached hydrogen (secondary N) is 1. The molecule has 1 heterocycles. The molecule has 1 amide bonds. The largest absolute Gasteiger partial charge is 0.482 e. The first-order valence-corrected chi connectivity index (χ1v) is 6.53. The van der Waals surface area contributed by atoms with Crippen LogP contribution < -0.4 is 15.0 Å². The lowest BCUT2D eigenvalue weighted by Gasteiger charge is -2.28. The summed E-state index contributed by atoms with van der Waals surface area (Å²) in [6.07, 6.45) is 0.965. The predicted molar refractivity (Wildman–Crippen MR) is 72.2 cm³/mol. The van der Waals surface area contributed by atoms with Gasteiger partial charge in [-0.15, -0.1) is 0 Å². The van der Waals surface area contributed by atoms with Crippen molar-refractivity contribution >= 4 is 11.6 Å². The maximum atomic E-state index is 11.7. The molecule has 1 N–H and O–H groups in total. The fourth-order valence-electron chi connectivity index (χ4n) is 2.16. The van der Waals surface area contributed by atoms with Crippen LogP contribution in [0, 0.1) is 0 Å². The Balaban J connectivity index is 2.18. The second-order valence-corrected chi connectivity index (χ2v) is 4.33. The van der Waals surface area contributed by atoms with Crippen LogP contribution in [0.1, 0.15) is 19.4 Å². The maximum absolute atomic E-state index is 11.7. The van der Waals surface area contributed by atoms with Gasteiger partial charge in [-0.2, -0.15) is 0 Å². The van der Waals surface area contributed by atoms with Crippen LogP contribution in [0.4, 0.5) is 5.69 Å². The number of benzene rings is 1. The lowest BCUT2D eigenvalue weighted by molar-refractivity contribution is -0.121. The van der Waals surface area contributed by atoms with Crippen LogP contribution in [-0.4, -0.2) is 32.1 Å². The van der Waals surface area contributed by atoms with E-state index in [2.05, 4.69) is 24.4 Å². The first kappa shape index (κ1) is 12.9. The monoisotopic (exact) mass is 248 g/mol. The summed E-state index contributed by atoms with van der Waals surface area (Å²) < 4.78 is 5.44. The zero-order chi connectivity index (χ0) is 13.0. The topological polar surface area (TPSA) is 41.6 Å². The second kappa shape index (κ2) is 5.87. The van der Waals surface area contributed by atoms with E-state index in [0.717, 1.165) is 30.9 Å². The fourth-order valence-corrected chi connectivity index (χ4v) is 2.16. The molecule has 1 aliphatic rings. The molecule has 0 radical (unpaired) electrons. The molecule has 0 spiro atoms. The molecule has 0 fully saturated rings. The Morgan fingerprint density at radius 3 is 2.94 bits per heavy atom. The molecule has 1 aromatic carbocycles. The van der Waals surface area contributed by atoms with Gasteiger partial charge in [-0.3, -0.25) is 4.79 Å². The van der Waals surface area contributed by atoms with Crippen molar-refractivity contribution in [3.8, 4) is 5.75 Å². The van der Waals surface area contributed by atoms with Gasteiger partial charge in [0.1, 0.15) is 5.75 Å². The number of hydrogen-bond donors (Lipinski definition) is 1. The van der Waals surface area contributed by atoms with Gasteiger partial charge in [0.05, 0.1) is 5.69 Å². The van der Waals surface area contributed by atoms with Gasteiger partial charge in [0.2, 0.25) is 0 Å². The van der Waals surface area contributed by atoms with Gasteiger partial charge in [0, 0.05) is 6.54 Å². The third-order valence-corrected chi connectivity index (χ3v) is 3.12. The third-order valence-electron chi connectivity index (χ3n) is 3.12. The number of hydrogen-bond acceptors (Lipinski definition) is 3.